The number of hydrogen-bond donors (Lipinski definition) is 1. The molecule has 1 aliphatic rings. The topological polar surface area (TPSA) is 80.9 Å². The number of hydrogen-bond acceptors (Lipinski definition) is 7. The van der Waals surface area contributed by atoms with Gasteiger partial charge in [-0.05, 0) is 63.5 Å². The second-order valence-corrected chi connectivity index (χ2v) is 12.2. The van der Waals surface area contributed by atoms with E-state index in [2.05, 4.69) is 42.1 Å². The molecule has 1 aliphatic heterocycles. The van der Waals surface area contributed by atoms with Gasteiger partial charge in [-0.1, -0.05) is 27.4 Å². The number of nitrogen functional groups attached to an aromatic ring is 1. The van der Waals surface area contributed by atoms with Crippen molar-refractivity contribution in [1.29, 1.82) is 0 Å². The molecule has 2 N–H and O–H groups in total. The van der Waals surface area contributed by atoms with Gasteiger partial charge in [0.2, 0.25) is 5.88 Å². The third kappa shape index (κ3) is 7.79. The summed E-state index contributed by atoms with van der Waals surface area (Å²) in [6, 6.07) is 9.18. The molecule has 1 unspecified atom stereocenters. The minimum Gasteiger partial charge on any atom is -0.478 e. The lowest BCUT2D eigenvalue weighted by atomic mass is 9.90. The van der Waals surface area contributed by atoms with Gasteiger partial charge in [0.05, 0.1) is 33.7 Å². The van der Waals surface area contributed by atoms with Crippen LogP contribution in [0.15, 0.2) is 58.6 Å². The number of allylic oxidation sites excluding steroid dienone is 1. The Labute approximate surface area is 219 Å². The van der Waals surface area contributed by atoms with Crippen LogP contribution in [-0.4, -0.2) is 61.1 Å². The highest BCUT2D eigenvalue weighted by molar-refractivity contribution is 7.85. The van der Waals surface area contributed by atoms with E-state index in [1.807, 2.05) is 32.3 Å². The predicted molar refractivity (Wildman–Crippen MR) is 148 cm³/mol. The van der Waals surface area contributed by atoms with E-state index in [9.17, 15) is 4.21 Å². The SMILES string of the molecule is C=C(N(CC1CCOCC1)c1ccc(S(=O)c2ccnc(OCCCN(C)C)c2)cc1N)C(C)(C)C. The van der Waals surface area contributed by atoms with Crippen molar-refractivity contribution in [3.8, 4) is 5.88 Å². The van der Waals surface area contributed by atoms with E-state index in [0.29, 0.717) is 33.9 Å². The van der Waals surface area contributed by atoms with Crippen LogP contribution in [0.5, 0.6) is 5.88 Å². The average Bonchev–Trinajstić information content (AvgIpc) is 2.84. The molecule has 2 heterocycles. The van der Waals surface area contributed by atoms with Gasteiger partial charge in [0.1, 0.15) is 0 Å². The van der Waals surface area contributed by atoms with Crippen LogP contribution in [0.1, 0.15) is 40.0 Å². The Hall–Kier alpha value is -2.42. The Kier molecular flexibility index (Phi) is 9.93. The standard InChI is InChI=1S/C28H42N4O3S/c1-21(28(2,3)4)32(20-22-11-16-34-17-12-22)26-9-8-23(18-25(26)29)36(33)24-10-13-30-27(19-24)35-15-7-14-31(5)6/h8-10,13,18-19,22H,1,7,11-12,14-17,20,29H2,2-6H3. The Balaban J connectivity index is 1.79. The van der Waals surface area contributed by atoms with Crippen molar-refractivity contribution in [2.24, 2.45) is 11.3 Å². The van der Waals surface area contributed by atoms with Crippen LogP contribution in [0.4, 0.5) is 11.4 Å². The molecule has 1 fully saturated rings. The molecule has 0 saturated carbocycles. The summed E-state index contributed by atoms with van der Waals surface area (Å²) < 4.78 is 24.7. The summed E-state index contributed by atoms with van der Waals surface area (Å²) in [6.07, 6.45) is 4.58. The van der Waals surface area contributed by atoms with Gasteiger partial charge in [-0.15, -0.1) is 0 Å². The zero-order chi connectivity index (χ0) is 26.3. The monoisotopic (exact) mass is 514 g/mol. The molecule has 0 spiro atoms. The van der Waals surface area contributed by atoms with E-state index in [1.54, 1.807) is 18.3 Å². The summed E-state index contributed by atoms with van der Waals surface area (Å²) in [5, 5.41) is 0. The largest absolute Gasteiger partial charge is 0.478 e. The van der Waals surface area contributed by atoms with Crippen LogP contribution in [0, 0.1) is 11.3 Å². The summed E-state index contributed by atoms with van der Waals surface area (Å²) >= 11 is 0. The highest BCUT2D eigenvalue weighted by Gasteiger charge is 2.27. The first-order chi connectivity index (χ1) is 17.1. The molecular weight excluding hydrogens is 472 g/mol. The molecule has 8 heteroatoms. The maximum absolute atomic E-state index is 13.4. The quantitative estimate of drug-likeness (QED) is 0.335. The van der Waals surface area contributed by atoms with Crippen LogP contribution < -0.4 is 15.4 Å². The molecule has 0 amide bonds. The van der Waals surface area contributed by atoms with Crippen LogP contribution >= 0.6 is 0 Å². The number of benzene rings is 1. The highest BCUT2D eigenvalue weighted by Crippen LogP contribution is 2.37. The average molecular weight is 515 g/mol. The lowest BCUT2D eigenvalue weighted by molar-refractivity contribution is 0.0684. The number of nitrogens with two attached hydrogens (primary N) is 1. The van der Waals surface area contributed by atoms with Gasteiger partial charge in [0, 0.05) is 54.6 Å². The van der Waals surface area contributed by atoms with Gasteiger partial charge in [0.25, 0.3) is 0 Å². The fourth-order valence-corrected chi connectivity index (χ4v) is 5.21. The molecule has 2 aromatic rings. The molecule has 1 saturated heterocycles. The van der Waals surface area contributed by atoms with Crippen molar-refractivity contribution >= 4 is 22.2 Å². The van der Waals surface area contributed by atoms with Gasteiger partial charge < -0.3 is 25.0 Å². The maximum atomic E-state index is 13.4. The summed E-state index contributed by atoms with van der Waals surface area (Å²) in [5.41, 5.74) is 8.97. The Morgan fingerprint density at radius 1 is 1.19 bits per heavy atom. The van der Waals surface area contributed by atoms with E-state index >= 15 is 0 Å². The predicted octanol–water partition coefficient (Wildman–Crippen LogP) is 4.95. The fraction of sp³-hybridized carbons (Fsp3) is 0.536. The summed E-state index contributed by atoms with van der Waals surface area (Å²) in [7, 11) is 2.66. The van der Waals surface area contributed by atoms with Crippen LogP contribution in [-0.2, 0) is 15.5 Å². The summed E-state index contributed by atoms with van der Waals surface area (Å²) in [5.74, 6) is 0.993. The molecule has 0 aliphatic carbocycles. The van der Waals surface area contributed by atoms with E-state index in [0.717, 1.165) is 57.0 Å². The number of nitrogens with zero attached hydrogens (tertiary/aromatic N) is 3. The third-order valence-electron chi connectivity index (χ3n) is 6.40. The van der Waals surface area contributed by atoms with Crippen molar-refractivity contribution in [2.75, 3.05) is 57.6 Å². The fourth-order valence-electron chi connectivity index (χ4n) is 4.12. The normalized spacial score (nSPS) is 15.6. The van der Waals surface area contributed by atoms with Gasteiger partial charge in [-0.2, -0.15) is 0 Å². The van der Waals surface area contributed by atoms with Crippen molar-refractivity contribution in [3.63, 3.8) is 0 Å². The lowest BCUT2D eigenvalue weighted by Gasteiger charge is -2.38. The van der Waals surface area contributed by atoms with Crippen LogP contribution in [0.25, 0.3) is 0 Å². The van der Waals surface area contributed by atoms with E-state index in [-0.39, 0.29) is 5.41 Å². The third-order valence-corrected chi connectivity index (χ3v) is 7.76. The number of pyridine rings is 1. The van der Waals surface area contributed by atoms with Crippen molar-refractivity contribution in [2.45, 2.75) is 49.8 Å². The number of anilines is 2. The minimum absolute atomic E-state index is 0.112. The number of ether oxygens (including phenoxy) is 2. The smallest absolute Gasteiger partial charge is 0.214 e. The van der Waals surface area contributed by atoms with Gasteiger partial charge >= 0.3 is 0 Å². The van der Waals surface area contributed by atoms with E-state index < -0.39 is 10.8 Å². The van der Waals surface area contributed by atoms with Gasteiger partial charge in [-0.25, -0.2) is 9.19 Å². The summed E-state index contributed by atoms with van der Waals surface area (Å²) in [6.45, 7) is 14.8. The van der Waals surface area contributed by atoms with E-state index in [4.69, 9.17) is 15.2 Å². The minimum atomic E-state index is -1.40. The van der Waals surface area contributed by atoms with Crippen LogP contribution in [0.3, 0.4) is 0 Å². The summed E-state index contributed by atoms with van der Waals surface area (Å²) in [4.78, 5) is 9.90. The second kappa shape index (κ2) is 12.7. The maximum Gasteiger partial charge on any atom is 0.214 e. The van der Waals surface area contributed by atoms with Crippen molar-refractivity contribution < 1.29 is 13.7 Å². The lowest BCUT2D eigenvalue weighted by Crippen LogP contribution is -2.36. The molecule has 1 aromatic carbocycles. The molecule has 36 heavy (non-hydrogen) atoms. The molecule has 198 valence electrons. The highest BCUT2D eigenvalue weighted by atomic mass is 32.2. The van der Waals surface area contributed by atoms with Gasteiger partial charge in [0.15, 0.2) is 0 Å². The van der Waals surface area contributed by atoms with Gasteiger partial charge in [-0.3, -0.25) is 0 Å². The molecule has 7 nitrogen and oxygen atoms in total. The van der Waals surface area contributed by atoms with Crippen LogP contribution in [0.2, 0.25) is 0 Å². The number of rotatable bonds is 11. The molecule has 1 atom stereocenters. The Morgan fingerprint density at radius 2 is 1.89 bits per heavy atom. The molecular formula is C28H42N4O3S. The molecule has 1 aromatic heterocycles. The number of aromatic nitrogens is 1. The van der Waals surface area contributed by atoms with E-state index in [1.165, 1.54) is 0 Å². The van der Waals surface area contributed by atoms with Crippen molar-refractivity contribution in [1.82, 2.24) is 9.88 Å². The second-order valence-electron chi connectivity index (χ2n) is 10.7. The van der Waals surface area contributed by atoms with Crippen molar-refractivity contribution in [3.05, 3.63) is 48.8 Å². The first-order valence-corrected chi connectivity index (χ1v) is 13.8. The first kappa shape index (κ1) is 28.2. The Bertz CT molecular complexity index is 1050. The Morgan fingerprint density at radius 3 is 2.53 bits per heavy atom. The molecule has 0 radical (unpaired) electrons. The first-order valence-electron chi connectivity index (χ1n) is 12.7. The molecule has 3 rings (SSSR count). The molecule has 0 bridgehead atoms. The zero-order valence-electron chi connectivity index (χ0n) is 22.5. The zero-order valence-corrected chi connectivity index (χ0v) is 23.3.